The molecule has 7 heteroatoms. The first-order valence-electron chi connectivity index (χ1n) is 8.39. The van der Waals surface area contributed by atoms with E-state index in [0.29, 0.717) is 18.7 Å². The Kier molecular flexibility index (Phi) is 6.32. The van der Waals surface area contributed by atoms with Gasteiger partial charge in [-0.15, -0.1) is 0 Å². The second-order valence-electron chi connectivity index (χ2n) is 7.02. The molecule has 6 nitrogen and oxygen atoms in total. The van der Waals surface area contributed by atoms with Crippen LogP contribution in [0.4, 0.5) is 21.9 Å². The van der Waals surface area contributed by atoms with Gasteiger partial charge in [0, 0.05) is 17.9 Å². The molecule has 4 N–H and O–H groups in total. The lowest BCUT2D eigenvalue weighted by Gasteiger charge is -2.19. The molecular weight excluding hydrogens is 352 g/mol. The number of hydrogen-bond donors (Lipinski definition) is 3. The van der Waals surface area contributed by atoms with Crippen molar-refractivity contribution in [3.63, 3.8) is 0 Å². The largest absolute Gasteiger partial charge is 0.444 e. The van der Waals surface area contributed by atoms with Crippen molar-refractivity contribution in [2.24, 2.45) is 0 Å². The first-order valence-corrected chi connectivity index (χ1v) is 8.77. The predicted molar refractivity (Wildman–Crippen MR) is 106 cm³/mol. The zero-order chi connectivity index (χ0) is 19.3. The summed E-state index contributed by atoms with van der Waals surface area (Å²) in [5, 5.41) is 6.28. The average molecular weight is 377 g/mol. The molecule has 0 aliphatic rings. The Morgan fingerprint density at radius 1 is 1.27 bits per heavy atom. The van der Waals surface area contributed by atoms with Gasteiger partial charge in [0.1, 0.15) is 5.60 Å². The van der Waals surface area contributed by atoms with Crippen LogP contribution in [-0.2, 0) is 11.2 Å². The summed E-state index contributed by atoms with van der Waals surface area (Å²) >= 11 is 6.01. The molecule has 1 amide bonds. The summed E-state index contributed by atoms with van der Waals surface area (Å²) in [6, 6.07) is 9.73. The monoisotopic (exact) mass is 376 g/mol. The van der Waals surface area contributed by atoms with Crippen LogP contribution in [0.15, 0.2) is 30.3 Å². The molecule has 2 rings (SSSR count). The Morgan fingerprint density at radius 2 is 1.92 bits per heavy atom. The van der Waals surface area contributed by atoms with E-state index < -0.39 is 11.7 Å². The highest BCUT2D eigenvalue weighted by atomic mass is 35.5. The van der Waals surface area contributed by atoms with Gasteiger partial charge < -0.3 is 21.1 Å². The first-order chi connectivity index (χ1) is 12.1. The Bertz CT molecular complexity index is 770. The number of benzene rings is 1. The third kappa shape index (κ3) is 6.11. The Labute approximate surface area is 159 Å². The lowest BCUT2D eigenvalue weighted by atomic mass is 10.1. The number of nitrogens with one attached hydrogen (secondary N) is 2. The molecule has 0 spiro atoms. The predicted octanol–water partition coefficient (Wildman–Crippen LogP) is 4.44. The molecule has 0 atom stereocenters. The molecule has 0 aliphatic heterocycles. The summed E-state index contributed by atoms with van der Waals surface area (Å²) in [4.78, 5) is 15.7. The number of carbonyl (C=O) groups is 1. The van der Waals surface area contributed by atoms with Gasteiger partial charge in [-0.3, -0.25) is 0 Å². The number of rotatable bonds is 5. The first kappa shape index (κ1) is 19.8. The quantitative estimate of drug-likeness (QED) is 0.671. The number of aromatic nitrogens is 1. The summed E-state index contributed by atoms with van der Waals surface area (Å²) in [7, 11) is 0. The lowest BCUT2D eigenvalue weighted by Crippen LogP contribution is -2.33. The molecular formula is C19H25ClN4O2. The third-order valence-corrected chi connectivity index (χ3v) is 3.74. The van der Waals surface area contributed by atoms with E-state index in [0.717, 1.165) is 22.6 Å². The van der Waals surface area contributed by atoms with Crippen LogP contribution in [0.2, 0.25) is 5.15 Å². The van der Waals surface area contributed by atoms with E-state index in [1.807, 2.05) is 58.0 Å². The molecule has 140 valence electrons. The Morgan fingerprint density at radius 3 is 2.54 bits per heavy atom. The van der Waals surface area contributed by atoms with Crippen molar-refractivity contribution >= 4 is 34.8 Å². The molecule has 1 heterocycles. The molecule has 0 saturated carbocycles. The number of pyridine rings is 1. The maximum Gasteiger partial charge on any atom is 0.407 e. The van der Waals surface area contributed by atoms with E-state index in [-0.39, 0.29) is 5.15 Å². The highest BCUT2D eigenvalue weighted by molar-refractivity contribution is 6.32. The number of carbonyl (C=O) groups excluding carboxylic acids is 1. The normalized spacial score (nSPS) is 11.1. The van der Waals surface area contributed by atoms with Crippen molar-refractivity contribution < 1.29 is 9.53 Å². The number of aryl methyl sites for hydroxylation is 1. The van der Waals surface area contributed by atoms with Crippen molar-refractivity contribution in [1.82, 2.24) is 10.3 Å². The summed E-state index contributed by atoms with van der Waals surface area (Å²) < 4.78 is 5.20. The standard InChI is InChI=1S/C19H25ClN4O2/c1-12-11-15(16(21)17(20)23-12)24-14-7-5-13(6-8-14)9-10-22-18(25)26-19(2,3)4/h5-8,11H,9-10,21H2,1-4H3,(H,22,25)(H,23,24). The fraction of sp³-hybridized carbons (Fsp3) is 0.368. The van der Waals surface area contributed by atoms with Crippen LogP contribution < -0.4 is 16.4 Å². The minimum Gasteiger partial charge on any atom is -0.444 e. The second-order valence-corrected chi connectivity index (χ2v) is 7.37. The number of nitrogen functional groups attached to an aromatic ring is 1. The van der Waals surface area contributed by atoms with Crippen molar-refractivity contribution in [3.8, 4) is 0 Å². The van der Waals surface area contributed by atoms with Crippen molar-refractivity contribution in [2.75, 3.05) is 17.6 Å². The SMILES string of the molecule is Cc1cc(Nc2ccc(CCNC(=O)OC(C)(C)C)cc2)c(N)c(Cl)n1. The van der Waals surface area contributed by atoms with Crippen LogP contribution >= 0.6 is 11.6 Å². The van der Waals surface area contributed by atoms with Gasteiger partial charge in [-0.1, -0.05) is 23.7 Å². The number of nitrogens with two attached hydrogens (primary N) is 1. The summed E-state index contributed by atoms with van der Waals surface area (Å²) in [5.74, 6) is 0. The van der Waals surface area contributed by atoms with Crippen LogP contribution in [0.3, 0.4) is 0 Å². The minimum absolute atomic E-state index is 0.289. The minimum atomic E-state index is -0.493. The van der Waals surface area contributed by atoms with E-state index in [2.05, 4.69) is 15.6 Å². The maximum absolute atomic E-state index is 11.6. The second kappa shape index (κ2) is 8.27. The maximum atomic E-state index is 11.6. The number of amides is 1. The van der Waals surface area contributed by atoms with Crippen LogP contribution in [0, 0.1) is 6.92 Å². The fourth-order valence-electron chi connectivity index (χ4n) is 2.28. The van der Waals surface area contributed by atoms with E-state index in [9.17, 15) is 4.79 Å². The summed E-state index contributed by atoms with van der Waals surface area (Å²) in [5.41, 5.74) is 9.39. The van der Waals surface area contributed by atoms with E-state index in [1.54, 1.807) is 0 Å². The topological polar surface area (TPSA) is 89.3 Å². The van der Waals surface area contributed by atoms with Crippen LogP contribution in [-0.4, -0.2) is 23.2 Å². The fourth-order valence-corrected chi connectivity index (χ4v) is 2.52. The van der Waals surface area contributed by atoms with Gasteiger partial charge in [0.05, 0.1) is 11.4 Å². The lowest BCUT2D eigenvalue weighted by molar-refractivity contribution is 0.0528. The molecule has 1 aromatic carbocycles. The molecule has 0 unspecified atom stereocenters. The molecule has 0 fully saturated rings. The Balaban J connectivity index is 1.90. The Hall–Kier alpha value is -2.47. The molecule has 0 saturated heterocycles. The smallest absolute Gasteiger partial charge is 0.407 e. The number of anilines is 3. The zero-order valence-electron chi connectivity index (χ0n) is 15.5. The van der Waals surface area contributed by atoms with Gasteiger partial charge in [0.25, 0.3) is 0 Å². The van der Waals surface area contributed by atoms with Gasteiger partial charge >= 0.3 is 6.09 Å². The molecule has 26 heavy (non-hydrogen) atoms. The van der Waals surface area contributed by atoms with Crippen molar-refractivity contribution in [2.45, 2.75) is 39.7 Å². The van der Waals surface area contributed by atoms with E-state index >= 15 is 0 Å². The molecule has 0 aliphatic carbocycles. The van der Waals surface area contributed by atoms with Crippen LogP contribution in [0.1, 0.15) is 32.0 Å². The highest BCUT2D eigenvalue weighted by Crippen LogP contribution is 2.29. The third-order valence-electron chi connectivity index (χ3n) is 3.45. The van der Waals surface area contributed by atoms with Crippen LogP contribution in [0.5, 0.6) is 0 Å². The van der Waals surface area contributed by atoms with E-state index in [4.69, 9.17) is 22.1 Å². The summed E-state index contributed by atoms with van der Waals surface area (Å²) in [6.07, 6.45) is 0.304. The molecule has 0 bridgehead atoms. The molecule has 2 aromatic rings. The van der Waals surface area contributed by atoms with Crippen molar-refractivity contribution in [3.05, 3.63) is 46.7 Å². The molecule has 1 aromatic heterocycles. The van der Waals surface area contributed by atoms with Gasteiger partial charge in [-0.2, -0.15) is 0 Å². The van der Waals surface area contributed by atoms with Crippen molar-refractivity contribution in [1.29, 1.82) is 0 Å². The zero-order valence-corrected chi connectivity index (χ0v) is 16.3. The van der Waals surface area contributed by atoms with Gasteiger partial charge in [0.15, 0.2) is 5.15 Å². The van der Waals surface area contributed by atoms with Gasteiger partial charge in [-0.05, 0) is 57.9 Å². The number of nitrogens with zero attached hydrogens (tertiary/aromatic N) is 1. The van der Waals surface area contributed by atoms with Gasteiger partial charge in [-0.25, -0.2) is 9.78 Å². The number of halogens is 1. The number of ether oxygens (including phenoxy) is 1. The van der Waals surface area contributed by atoms with Crippen LogP contribution in [0.25, 0.3) is 0 Å². The number of hydrogen-bond acceptors (Lipinski definition) is 5. The number of alkyl carbamates (subject to hydrolysis) is 1. The summed E-state index contributed by atoms with van der Waals surface area (Å²) in [6.45, 7) is 7.87. The van der Waals surface area contributed by atoms with E-state index in [1.165, 1.54) is 0 Å². The van der Waals surface area contributed by atoms with Gasteiger partial charge in [0.2, 0.25) is 0 Å². The highest BCUT2D eigenvalue weighted by Gasteiger charge is 2.15. The molecule has 0 radical (unpaired) electrons. The average Bonchev–Trinajstić information content (AvgIpc) is 2.52.